The molecule has 0 atom stereocenters. The van der Waals surface area contributed by atoms with Crippen LogP contribution in [0, 0.1) is 20.8 Å². The van der Waals surface area contributed by atoms with E-state index in [-0.39, 0.29) is 6.61 Å². The third-order valence-corrected chi connectivity index (χ3v) is 4.24. The van der Waals surface area contributed by atoms with Crippen molar-refractivity contribution in [3.05, 3.63) is 34.6 Å². The first-order valence-electron chi connectivity index (χ1n) is 6.75. The van der Waals surface area contributed by atoms with Gasteiger partial charge in [0.05, 0.1) is 0 Å². The van der Waals surface area contributed by atoms with E-state index in [1.54, 1.807) is 11.8 Å². The van der Waals surface area contributed by atoms with Crippen molar-refractivity contribution in [2.75, 3.05) is 12.9 Å². The van der Waals surface area contributed by atoms with Crippen LogP contribution >= 0.6 is 11.8 Å². The third kappa shape index (κ3) is 2.88. The van der Waals surface area contributed by atoms with Crippen LogP contribution in [0.15, 0.2) is 17.3 Å². The van der Waals surface area contributed by atoms with Gasteiger partial charge < -0.3 is 5.11 Å². The summed E-state index contributed by atoms with van der Waals surface area (Å²) in [6.45, 7) is 6.57. The van der Waals surface area contributed by atoms with Gasteiger partial charge in [0.1, 0.15) is 5.82 Å². The normalized spacial score (nSPS) is 11.1. The summed E-state index contributed by atoms with van der Waals surface area (Å²) in [5, 5.41) is 18.4. The second kappa shape index (κ2) is 6.41. The SMILES string of the molecule is CSc1nnc(CCCO)n1-c1cc(C)c(C)c(C)c1. The van der Waals surface area contributed by atoms with E-state index < -0.39 is 0 Å². The van der Waals surface area contributed by atoms with Crippen LogP contribution in [0.25, 0.3) is 5.69 Å². The molecule has 0 aliphatic carbocycles. The van der Waals surface area contributed by atoms with Crippen LogP contribution < -0.4 is 0 Å². The molecule has 0 saturated carbocycles. The average molecular weight is 291 g/mol. The van der Waals surface area contributed by atoms with Crippen molar-refractivity contribution in [1.29, 1.82) is 0 Å². The number of nitrogens with zero attached hydrogens (tertiary/aromatic N) is 3. The highest BCUT2D eigenvalue weighted by Crippen LogP contribution is 2.24. The summed E-state index contributed by atoms with van der Waals surface area (Å²) < 4.78 is 2.10. The molecule has 5 heteroatoms. The maximum Gasteiger partial charge on any atom is 0.195 e. The van der Waals surface area contributed by atoms with Crippen LogP contribution in [0.4, 0.5) is 0 Å². The minimum Gasteiger partial charge on any atom is -0.396 e. The maximum atomic E-state index is 9.01. The fraction of sp³-hybridized carbons (Fsp3) is 0.467. The van der Waals surface area contributed by atoms with E-state index in [1.165, 1.54) is 16.7 Å². The maximum absolute atomic E-state index is 9.01. The summed E-state index contributed by atoms with van der Waals surface area (Å²) in [5.41, 5.74) is 4.97. The van der Waals surface area contributed by atoms with E-state index in [1.807, 2.05) is 6.26 Å². The van der Waals surface area contributed by atoms with Gasteiger partial charge in [-0.05, 0) is 62.3 Å². The van der Waals surface area contributed by atoms with E-state index in [0.29, 0.717) is 6.42 Å². The quantitative estimate of drug-likeness (QED) is 0.861. The molecule has 2 rings (SSSR count). The summed E-state index contributed by atoms with van der Waals surface area (Å²) in [6.07, 6.45) is 3.44. The first-order valence-corrected chi connectivity index (χ1v) is 7.98. The Kier molecular flexibility index (Phi) is 4.83. The second-order valence-electron chi connectivity index (χ2n) is 4.97. The summed E-state index contributed by atoms with van der Waals surface area (Å²) in [7, 11) is 0. The van der Waals surface area contributed by atoms with Crippen LogP contribution in [0.5, 0.6) is 0 Å². The molecule has 0 spiro atoms. The third-order valence-electron chi connectivity index (χ3n) is 3.61. The van der Waals surface area contributed by atoms with Crippen LogP contribution in [0.2, 0.25) is 0 Å². The number of aromatic nitrogens is 3. The Bertz CT molecular complexity index is 584. The lowest BCUT2D eigenvalue weighted by atomic mass is 10.0. The molecule has 1 aromatic heterocycles. The minimum atomic E-state index is 0.174. The van der Waals surface area contributed by atoms with Crippen molar-refractivity contribution < 1.29 is 5.11 Å². The Balaban J connectivity index is 2.52. The Morgan fingerprint density at radius 3 is 2.35 bits per heavy atom. The number of aliphatic hydroxyl groups is 1. The van der Waals surface area contributed by atoms with Crippen LogP contribution in [-0.4, -0.2) is 32.7 Å². The molecule has 108 valence electrons. The first kappa shape index (κ1) is 15.1. The van der Waals surface area contributed by atoms with Crippen LogP contribution in [-0.2, 0) is 6.42 Å². The molecule has 0 radical (unpaired) electrons. The van der Waals surface area contributed by atoms with Gasteiger partial charge in [-0.1, -0.05) is 11.8 Å². The zero-order valence-corrected chi connectivity index (χ0v) is 13.3. The fourth-order valence-corrected chi connectivity index (χ4v) is 2.75. The van der Waals surface area contributed by atoms with Gasteiger partial charge in [-0.25, -0.2) is 0 Å². The Labute approximate surface area is 124 Å². The number of hydrogen-bond donors (Lipinski definition) is 1. The van der Waals surface area contributed by atoms with Gasteiger partial charge in [0, 0.05) is 18.7 Å². The molecule has 0 fully saturated rings. The highest BCUT2D eigenvalue weighted by Gasteiger charge is 2.14. The van der Waals surface area contributed by atoms with Gasteiger partial charge in [0.15, 0.2) is 5.16 Å². The van der Waals surface area contributed by atoms with E-state index in [9.17, 15) is 0 Å². The lowest BCUT2D eigenvalue weighted by Crippen LogP contribution is -2.05. The van der Waals surface area contributed by atoms with Gasteiger partial charge in [-0.2, -0.15) is 0 Å². The number of thioether (sulfide) groups is 1. The molecule has 0 bridgehead atoms. The number of benzene rings is 1. The fourth-order valence-electron chi connectivity index (χ4n) is 2.23. The predicted molar refractivity (Wildman–Crippen MR) is 82.8 cm³/mol. The van der Waals surface area contributed by atoms with Gasteiger partial charge in [0.25, 0.3) is 0 Å². The van der Waals surface area contributed by atoms with Gasteiger partial charge in [-0.3, -0.25) is 4.57 Å². The molecule has 4 nitrogen and oxygen atoms in total. The molecule has 0 unspecified atom stereocenters. The average Bonchev–Trinajstić information content (AvgIpc) is 2.84. The van der Waals surface area contributed by atoms with E-state index in [2.05, 4.69) is 47.7 Å². The molecule has 0 aliphatic heterocycles. The van der Waals surface area contributed by atoms with Crippen molar-refractivity contribution in [3.63, 3.8) is 0 Å². The largest absolute Gasteiger partial charge is 0.396 e. The molecule has 20 heavy (non-hydrogen) atoms. The minimum absolute atomic E-state index is 0.174. The molecule has 0 amide bonds. The predicted octanol–water partition coefficient (Wildman–Crippen LogP) is 2.84. The summed E-state index contributed by atoms with van der Waals surface area (Å²) in [6, 6.07) is 4.35. The molecular formula is C15H21N3OS. The number of aryl methyl sites for hydroxylation is 3. The number of rotatable bonds is 5. The molecule has 1 heterocycles. The molecular weight excluding hydrogens is 270 g/mol. The van der Waals surface area contributed by atoms with Gasteiger partial charge in [0.2, 0.25) is 0 Å². The standard InChI is InChI=1S/C15H21N3OS/c1-10-8-13(9-11(2)12(10)3)18-14(6-5-7-19)16-17-15(18)20-4/h8-9,19H,5-7H2,1-4H3. The summed E-state index contributed by atoms with van der Waals surface area (Å²) in [5.74, 6) is 0.908. The van der Waals surface area contributed by atoms with Crippen molar-refractivity contribution in [3.8, 4) is 5.69 Å². The van der Waals surface area contributed by atoms with Gasteiger partial charge >= 0.3 is 0 Å². The number of aliphatic hydroxyl groups excluding tert-OH is 1. The van der Waals surface area contributed by atoms with E-state index >= 15 is 0 Å². The lowest BCUT2D eigenvalue weighted by Gasteiger charge is -2.13. The van der Waals surface area contributed by atoms with Gasteiger partial charge in [-0.15, -0.1) is 10.2 Å². The topological polar surface area (TPSA) is 50.9 Å². The van der Waals surface area contributed by atoms with Crippen molar-refractivity contribution in [2.45, 2.75) is 38.8 Å². The Morgan fingerprint density at radius 2 is 1.80 bits per heavy atom. The first-order chi connectivity index (χ1) is 9.58. The van der Waals surface area contributed by atoms with Crippen molar-refractivity contribution in [1.82, 2.24) is 14.8 Å². The van der Waals surface area contributed by atoms with E-state index in [0.717, 1.165) is 23.1 Å². The summed E-state index contributed by atoms with van der Waals surface area (Å²) >= 11 is 1.59. The monoisotopic (exact) mass is 291 g/mol. The Hall–Kier alpha value is -1.33. The molecule has 1 N–H and O–H groups in total. The summed E-state index contributed by atoms with van der Waals surface area (Å²) in [4.78, 5) is 0. The Morgan fingerprint density at radius 1 is 1.15 bits per heavy atom. The smallest absolute Gasteiger partial charge is 0.195 e. The highest BCUT2D eigenvalue weighted by atomic mass is 32.2. The van der Waals surface area contributed by atoms with E-state index in [4.69, 9.17) is 5.11 Å². The zero-order valence-electron chi connectivity index (χ0n) is 12.5. The molecule has 2 aromatic rings. The molecule has 0 saturated heterocycles. The lowest BCUT2D eigenvalue weighted by molar-refractivity contribution is 0.287. The molecule has 1 aromatic carbocycles. The van der Waals surface area contributed by atoms with Crippen molar-refractivity contribution >= 4 is 11.8 Å². The highest BCUT2D eigenvalue weighted by molar-refractivity contribution is 7.98. The van der Waals surface area contributed by atoms with Crippen LogP contribution in [0.3, 0.4) is 0 Å². The number of hydrogen-bond acceptors (Lipinski definition) is 4. The van der Waals surface area contributed by atoms with Crippen molar-refractivity contribution in [2.24, 2.45) is 0 Å². The molecule has 0 aliphatic rings. The zero-order chi connectivity index (χ0) is 14.7. The van der Waals surface area contributed by atoms with Crippen LogP contribution in [0.1, 0.15) is 28.9 Å². The second-order valence-corrected chi connectivity index (χ2v) is 5.74.